The van der Waals surface area contributed by atoms with Crippen LogP contribution in [0.3, 0.4) is 0 Å². The first kappa shape index (κ1) is 35.8. The van der Waals surface area contributed by atoms with Crippen LogP contribution in [0.4, 0.5) is 0 Å². The van der Waals surface area contributed by atoms with Crippen molar-refractivity contribution < 1.29 is 0 Å². The summed E-state index contributed by atoms with van der Waals surface area (Å²) in [7, 11) is 0. The number of rotatable bonds is 6. The first-order valence-electron chi connectivity index (χ1n) is 17.4. The number of benzene rings is 5. The van der Waals surface area contributed by atoms with Gasteiger partial charge < -0.3 is 9.13 Å². The maximum absolute atomic E-state index is 4.58. The van der Waals surface area contributed by atoms with E-state index < -0.39 is 0 Å². The largest absolute Gasteiger partial charge is 0.309 e. The zero-order valence-electron chi connectivity index (χ0n) is 29.8. The van der Waals surface area contributed by atoms with Gasteiger partial charge in [-0.1, -0.05) is 167 Å². The Morgan fingerprint density at radius 1 is 0.529 bits per heavy atom. The van der Waals surface area contributed by atoms with Gasteiger partial charge in [-0.2, -0.15) is 0 Å². The smallest absolute Gasteiger partial charge is 0.0723 e. The van der Waals surface area contributed by atoms with Gasteiger partial charge in [0.1, 0.15) is 0 Å². The van der Waals surface area contributed by atoms with Crippen LogP contribution in [-0.2, 0) is 0 Å². The van der Waals surface area contributed by atoms with Gasteiger partial charge in [0.05, 0.1) is 34.0 Å². The maximum Gasteiger partial charge on any atom is 0.0723 e. The van der Waals surface area contributed by atoms with Gasteiger partial charge in [-0.15, -0.1) is 0 Å². The van der Waals surface area contributed by atoms with Crippen molar-refractivity contribution in [2.45, 2.75) is 20.8 Å². The Morgan fingerprint density at radius 3 is 1.71 bits per heavy atom. The van der Waals surface area contributed by atoms with Crippen molar-refractivity contribution in [3.05, 3.63) is 202 Å². The van der Waals surface area contributed by atoms with Crippen molar-refractivity contribution in [1.29, 1.82) is 0 Å². The molecule has 3 heteroatoms. The number of allylic oxidation sites excluding steroid dienone is 7. The second-order valence-electron chi connectivity index (χ2n) is 11.3. The highest BCUT2D eigenvalue weighted by Gasteiger charge is 2.21. The predicted octanol–water partition coefficient (Wildman–Crippen LogP) is 13.6. The van der Waals surface area contributed by atoms with E-state index in [4.69, 9.17) is 0 Å². The van der Waals surface area contributed by atoms with E-state index in [2.05, 4.69) is 161 Å². The normalized spacial score (nSPS) is 10.7. The minimum absolute atomic E-state index is 1.08. The molecule has 3 aromatic heterocycles. The Kier molecular flexibility index (Phi) is 12.5. The lowest BCUT2D eigenvalue weighted by Gasteiger charge is -2.13. The molecule has 0 unspecified atom stereocenters. The minimum Gasteiger partial charge on any atom is -0.309 e. The SMILES string of the molecule is C=C/C=C\C.C=C/C=C\C=C.CC.c1ccc(-c2ccncc2-n2c3ccccc3c3c2ccc2c4ccccc4n(-c4ccccc4)c23)cc1. The van der Waals surface area contributed by atoms with Gasteiger partial charge in [-0.05, 0) is 48.9 Å². The number of fused-ring (bicyclic) bond motifs is 7. The summed E-state index contributed by atoms with van der Waals surface area (Å²) in [5.41, 5.74) is 9.36. The number of hydrogen-bond acceptors (Lipinski definition) is 1. The van der Waals surface area contributed by atoms with E-state index in [1.807, 2.05) is 57.5 Å². The fraction of sp³-hybridized carbons (Fsp3) is 0.0625. The van der Waals surface area contributed by atoms with Crippen LogP contribution < -0.4 is 0 Å². The van der Waals surface area contributed by atoms with Gasteiger partial charge in [0.2, 0.25) is 0 Å². The van der Waals surface area contributed by atoms with Gasteiger partial charge in [0.15, 0.2) is 0 Å². The Bertz CT molecular complexity index is 2430. The maximum atomic E-state index is 4.58. The molecule has 0 aliphatic carbocycles. The summed E-state index contributed by atoms with van der Waals surface area (Å²) in [6.45, 7) is 16.4. The van der Waals surface area contributed by atoms with Crippen molar-refractivity contribution in [2.75, 3.05) is 0 Å². The summed E-state index contributed by atoms with van der Waals surface area (Å²) < 4.78 is 4.80. The van der Waals surface area contributed by atoms with Gasteiger partial charge in [0.25, 0.3) is 0 Å². The Labute approximate surface area is 302 Å². The molecule has 8 rings (SSSR count). The van der Waals surface area contributed by atoms with Gasteiger partial charge in [0, 0.05) is 39.0 Å². The number of nitrogens with zero attached hydrogens (tertiary/aromatic N) is 3. The molecule has 0 spiro atoms. The monoisotopic (exact) mass is 663 g/mol. The van der Waals surface area contributed by atoms with E-state index in [1.165, 1.54) is 49.2 Å². The summed E-state index contributed by atoms with van der Waals surface area (Å²) >= 11 is 0. The molecule has 0 saturated carbocycles. The molecule has 0 N–H and O–H groups in total. The Balaban J connectivity index is 0.000000337. The van der Waals surface area contributed by atoms with Crippen LogP contribution >= 0.6 is 0 Å². The van der Waals surface area contributed by atoms with Crippen LogP contribution in [-0.4, -0.2) is 14.1 Å². The second kappa shape index (κ2) is 17.8. The highest BCUT2D eigenvalue weighted by atomic mass is 15.0. The van der Waals surface area contributed by atoms with Crippen LogP contribution in [0.2, 0.25) is 0 Å². The Hall–Kier alpha value is -6.45. The average Bonchev–Trinajstić information content (AvgIpc) is 3.72. The zero-order valence-corrected chi connectivity index (χ0v) is 29.8. The molecule has 0 fully saturated rings. The van der Waals surface area contributed by atoms with Crippen molar-refractivity contribution >= 4 is 43.6 Å². The van der Waals surface area contributed by atoms with Gasteiger partial charge in [-0.25, -0.2) is 0 Å². The molecule has 0 bridgehead atoms. The molecule has 0 aliphatic rings. The zero-order chi connectivity index (χ0) is 36.0. The second-order valence-corrected chi connectivity index (χ2v) is 11.3. The van der Waals surface area contributed by atoms with E-state index in [1.54, 1.807) is 18.2 Å². The minimum atomic E-state index is 1.08. The average molecular weight is 664 g/mol. The van der Waals surface area contributed by atoms with E-state index >= 15 is 0 Å². The summed E-state index contributed by atoms with van der Waals surface area (Å²) in [5, 5.41) is 5.00. The van der Waals surface area contributed by atoms with Crippen LogP contribution in [0.15, 0.2) is 202 Å². The number of pyridine rings is 1. The lowest BCUT2D eigenvalue weighted by atomic mass is 10.1. The summed E-state index contributed by atoms with van der Waals surface area (Å²) in [6.07, 6.45) is 16.5. The molecule has 51 heavy (non-hydrogen) atoms. The van der Waals surface area contributed by atoms with Crippen molar-refractivity contribution in [1.82, 2.24) is 14.1 Å². The molecule has 3 nitrogen and oxygen atoms in total. The number of para-hydroxylation sites is 3. The number of hydrogen-bond donors (Lipinski definition) is 0. The molecule has 5 aromatic carbocycles. The fourth-order valence-corrected chi connectivity index (χ4v) is 6.33. The first-order chi connectivity index (χ1) is 25.2. The van der Waals surface area contributed by atoms with Crippen LogP contribution in [0, 0.1) is 0 Å². The molecule has 0 radical (unpaired) electrons. The van der Waals surface area contributed by atoms with Crippen molar-refractivity contribution in [2.24, 2.45) is 0 Å². The third-order valence-electron chi connectivity index (χ3n) is 8.32. The molecular formula is C48H45N3. The molecule has 0 atom stereocenters. The first-order valence-corrected chi connectivity index (χ1v) is 17.4. The van der Waals surface area contributed by atoms with Crippen molar-refractivity contribution in [3.8, 4) is 22.5 Å². The third kappa shape index (κ3) is 7.44. The summed E-state index contributed by atoms with van der Waals surface area (Å²) in [6, 6.07) is 45.4. The third-order valence-corrected chi connectivity index (χ3v) is 8.32. The molecule has 0 amide bonds. The van der Waals surface area contributed by atoms with Gasteiger partial charge >= 0.3 is 0 Å². The highest BCUT2D eigenvalue weighted by Crippen LogP contribution is 2.42. The lowest BCUT2D eigenvalue weighted by molar-refractivity contribution is 1.14. The van der Waals surface area contributed by atoms with Gasteiger partial charge in [-0.3, -0.25) is 4.98 Å². The molecular weight excluding hydrogens is 619 g/mol. The molecule has 252 valence electrons. The quantitative estimate of drug-likeness (QED) is 0.162. The Morgan fingerprint density at radius 2 is 1.10 bits per heavy atom. The molecule has 8 aromatic rings. The molecule has 0 saturated heterocycles. The predicted molar refractivity (Wildman–Crippen MR) is 224 cm³/mol. The summed E-state index contributed by atoms with van der Waals surface area (Å²) in [4.78, 5) is 4.58. The van der Waals surface area contributed by atoms with Crippen LogP contribution in [0.25, 0.3) is 66.1 Å². The lowest BCUT2D eigenvalue weighted by Crippen LogP contribution is -1.98. The van der Waals surface area contributed by atoms with E-state index in [0.29, 0.717) is 0 Å². The van der Waals surface area contributed by atoms with Crippen molar-refractivity contribution in [3.63, 3.8) is 0 Å². The highest BCUT2D eigenvalue weighted by molar-refractivity contribution is 6.26. The van der Waals surface area contributed by atoms with Crippen LogP contribution in [0.1, 0.15) is 20.8 Å². The fourth-order valence-electron chi connectivity index (χ4n) is 6.33. The summed E-state index contributed by atoms with van der Waals surface area (Å²) in [5.74, 6) is 0. The number of aromatic nitrogens is 3. The standard InChI is InChI=1S/C35H23N3.C6H8.C5H8.C2H6/c1-3-11-24(12-4-1)26-21-22-36-23-33(26)38-31-18-10-8-16-29(31)34-32(38)20-19-28-27-15-7-9-17-30(27)37(35(28)34)25-13-5-2-6-14-25;1-3-5-6-4-2;1-3-5-4-2;1-2/h1-23H;3-6H,1-2H2;3-5H,1H2,2H3;1-2H3/b;6-5-;5-4-;. The van der Waals surface area contributed by atoms with Crippen LogP contribution in [0.5, 0.6) is 0 Å². The van der Waals surface area contributed by atoms with E-state index in [-0.39, 0.29) is 0 Å². The molecule has 3 heterocycles. The topological polar surface area (TPSA) is 22.8 Å². The molecule has 0 aliphatic heterocycles. The van der Waals surface area contributed by atoms with E-state index in [0.717, 1.165) is 16.9 Å². The van der Waals surface area contributed by atoms with E-state index in [9.17, 15) is 0 Å².